The predicted molar refractivity (Wildman–Crippen MR) is 56.8 cm³/mol. The molecule has 78 valence electrons. The van der Waals surface area contributed by atoms with Crippen LogP contribution in [0.1, 0.15) is 20.7 Å². The van der Waals surface area contributed by atoms with Crippen molar-refractivity contribution >= 4 is 51.1 Å². The molecular formula is C9H3Cl3O3. The Morgan fingerprint density at radius 2 is 1.67 bits per heavy atom. The van der Waals surface area contributed by atoms with Crippen LogP contribution in [-0.4, -0.2) is 16.3 Å². The lowest BCUT2D eigenvalue weighted by molar-refractivity contribution is -0.108. The summed E-state index contributed by atoms with van der Waals surface area (Å²) < 4.78 is 0. The van der Waals surface area contributed by atoms with E-state index in [0.29, 0.717) is 0 Å². The van der Waals surface area contributed by atoms with E-state index in [9.17, 15) is 14.4 Å². The standard InChI is InChI=1S/C9H3Cl3O3/c10-6-2-1-4(8(11)14)3-5(6)7(13)9(12)15/h1-3H. The summed E-state index contributed by atoms with van der Waals surface area (Å²) in [5.74, 6) is -0.971. The number of hydrogen-bond donors (Lipinski definition) is 0. The summed E-state index contributed by atoms with van der Waals surface area (Å²) in [7, 11) is 0. The second-order valence-corrected chi connectivity index (χ2v) is 3.66. The van der Waals surface area contributed by atoms with Gasteiger partial charge in [-0.3, -0.25) is 14.4 Å². The Morgan fingerprint density at radius 3 is 2.13 bits per heavy atom. The molecule has 15 heavy (non-hydrogen) atoms. The van der Waals surface area contributed by atoms with Gasteiger partial charge in [0.25, 0.3) is 10.5 Å². The summed E-state index contributed by atoms with van der Waals surface area (Å²) in [5, 5.41) is -1.88. The van der Waals surface area contributed by atoms with E-state index in [4.69, 9.17) is 34.8 Å². The van der Waals surface area contributed by atoms with Gasteiger partial charge in [-0.2, -0.15) is 0 Å². The first kappa shape index (κ1) is 12.2. The van der Waals surface area contributed by atoms with Crippen molar-refractivity contribution in [1.82, 2.24) is 0 Å². The van der Waals surface area contributed by atoms with E-state index >= 15 is 0 Å². The van der Waals surface area contributed by atoms with Crippen LogP contribution < -0.4 is 0 Å². The minimum Gasteiger partial charge on any atom is -0.284 e. The molecule has 1 aromatic carbocycles. The fourth-order valence-corrected chi connectivity index (χ4v) is 1.35. The van der Waals surface area contributed by atoms with Crippen molar-refractivity contribution in [2.75, 3.05) is 0 Å². The quantitative estimate of drug-likeness (QED) is 0.479. The van der Waals surface area contributed by atoms with Gasteiger partial charge in [0.05, 0.1) is 5.02 Å². The molecule has 1 rings (SSSR count). The molecule has 0 aromatic heterocycles. The van der Waals surface area contributed by atoms with Crippen LogP contribution in [0.25, 0.3) is 0 Å². The van der Waals surface area contributed by atoms with Crippen molar-refractivity contribution in [1.29, 1.82) is 0 Å². The first-order valence-electron chi connectivity index (χ1n) is 3.67. The van der Waals surface area contributed by atoms with Gasteiger partial charge in [0.2, 0.25) is 5.78 Å². The van der Waals surface area contributed by atoms with E-state index in [1.807, 2.05) is 0 Å². The van der Waals surface area contributed by atoms with Crippen LogP contribution in [0.2, 0.25) is 5.02 Å². The Bertz CT molecular complexity index is 454. The van der Waals surface area contributed by atoms with E-state index < -0.39 is 16.3 Å². The van der Waals surface area contributed by atoms with Crippen molar-refractivity contribution in [2.45, 2.75) is 0 Å². The Morgan fingerprint density at radius 1 is 1.07 bits per heavy atom. The Labute approximate surface area is 99.9 Å². The third kappa shape index (κ3) is 2.78. The first-order chi connectivity index (χ1) is 6.93. The molecule has 0 atom stereocenters. The van der Waals surface area contributed by atoms with Crippen molar-refractivity contribution in [3.05, 3.63) is 34.3 Å². The molecule has 0 unspecified atom stereocenters. The molecule has 0 N–H and O–H groups in total. The van der Waals surface area contributed by atoms with E-state index in [-0.39, 0.29) is 16.1 Å². The van der Waals surface area contributed by atoms with Gasteiger partial charge >= 0.3 is 0 Å². The van der Waals surface area contributed by atoms with Crippen molar-refractivity contribution in [3.63, 3.8) is 0 Å². The van der Waals surface area contributed by atoms with E-state index in [1.54, 1.807) is 0 Å². The lowest BCUT2D eigenvalue weighted by atomic mass is 10.1. The van der Waals surface area contributed by atoms with Gasteiger partial charge in [-0.05, 0) is 41.4 Å². The SMILES string of the molecule is O=C(Cl)C(=O)c1cc(C(=O)Cl)ccc1Cl. The molecule has 0 saturated heterocycles. The van der Waals surface area contributed by atoms with Crippen LogP contribution in [0.3, 0.4) is 0 Å². The fourth-order valence-electron chi connectivity index (χ4n) is 0.927. The molecule has 0 amide bonds. The fraction of sp³-hybridized carbons (Fsp3) is 0. The second kappa shape index (κ2) is 4.75. The maximum atomic E-state index is 11.2. The molecule has 0 saturated carbocycles. The first-order valence-corrected chi connectivity index (χ1v) is 4.80. The molecule has 0 heterocycles. The maximum Gasteiger partial charge on any atom is 0.293 e. The monoisotopic (exact) mass is 264 g/mol. The van der Waals surface area contributed by atoms with Gasteiger partial charge in [0.15, 0.2) is 0 Å². The van der Waals surface area contributed by atoms with Gasteiger partial charge in [0.1, 0.15) is 0 Å². The average Bonchev–Trinajstić information content (AvgIpc) is 2.16. The normalized spacial score (nSPS) is 9.80. The van der Waals surface area contributed by atoms with Crippen molar-refractivity contribution in [3.8, 4) is 0 Å². The molecule has 0 spiro atoms. The van der Waals surface area contributed by atoms with E-state index in [2.05, 4.69) is 0 Å². The Kier molecular flexibility index (Phi) is 3.85. The molecule has 0 aliphatic heterocycles. The van der Waals surface area contributed by atoms with Crippen LogP contribution in [0, 0.1) is 0 Å². The highest BCUT2D eigenvalue weighted by Crippen LogP contribution is 2.20. The lowest BCUT2D eigenvalue weighted by Crippen LogP contribution is -2.09. The van der Waals surface area contributed by atoms with Crippen LogP contribution >= 0.6 is 34.8 Å². The highest BCUT2D eigenvalue weighted by atomic mass is 35.5. The van der Waals surface area contributed by atoms with Gasteiger partial charge in [0, 0.05) is 11.1 Å². The summed E-state index contributed by atoms with van der Waals surface area (Å²) >= 11 is 15.9. The summed E-state index contributed by atoms with van der Waals surface area (Å²) in [4.78, 5) is 32.6. The highest BCUT2D eigenvalue weighted by Gasteiger charge is 2.18. The van der Waals surface area contributed by atoms with Gasteiger partial charge < -0.3 is 0 Å². The lowest BCUT2D eigenvalue weighted by Gasteiger charge is -2.01. The van der Waals surface area contributed by atoms with E-state index in [1.165, 1.54) is 12.1 Å². The molecule has 3 nitrogen and oxygen atoms in total. The zero-order valence-electron chi connectivity index (χ0n) is 7.09. The third-order valence-corrected chi connectivity index (χ3v) is 2.34. The minimum atomic E-state index is -1.17. The van der Waals surface area contributed by atoms with Crippen LogP contribution in [0.5, 0.6) is 0 Å². The zero-order chi connectivity index (χ0) is 11.6. The summed E-state index contributed by atoms with van der Waals surface area (Å²) in [6.45, 7) is 0. The molecule has 1 aromatic rings. The van der Waals surface area contributed by atoms with Crippen molar-refractivity contribution in [2.24, 2.45) is 0 Å². The largest absolute Gasteiger partial charge is 0.293 e. The van der Waals surface area contributed by atoms with Gasteiger partial charge in [-0.1, -0.05) is 11.6 Å². The summed E-state index contributed by atoms with van der Waals surface area (Å²) in [6.07, 6.45) is 0. The topological polar surface area (TPSA) is 51.2 Å². The maximum absolute atomic E-state index is 11.2. The number of carbonyl (C=O) groups excluding carboxylic acids is 3. The summed E-state index contributed by atoms with van der Waals surface area (Å²) in [5.41, 5.74) is -0.0644. The molecule has 0 fully saturated rings. The molecule has 0 bridgehead atoms. The zero-order valence-corrected chi connectivity index (χ0v) is 9.36. The smallest absolute Gasteiger partial charge is 0.284 e. The number of rotatable bonds is 3. The number of halogens is 3. The average molecular weight is 265 g/mol. The third-order valence-electron chi connectivity index (χ3n) is 1.62. The minimum absolute atomic E-state index is 0.0377. The number of ketones is 1. The van der Waals surface area contributed by atoms with Crippen LogP contribution in [-0.2, 0) is 4.79 Å². The number of carbonyl (C=O) groups is 3. The highest BCUT2D eigenvalue weighted by molar-refractivity contribution is 6.83. The molecule has 0 aliphatic rings. The molecule has 0 aliphatic carbocycles. The second-order valence-electron chi connectivity index (χ2n) is 2.57. The predicted octanol–water partition coefficient (Wildman–Crippen LogP) is 2.67. The van der Waals surface area contributed by atoms with Gasteiger partial charge in [-0.15, -0.1) is 0 Å². The van der Waals surface area contributed by atoms with Crippen LogP contribution in [0.15, 0.2) is 18.2 Å². The molecular weight excluding hydrogens is 262 g/mol. The van der Waals surface area contributed by atoms with Crippen LogP contribution in [0.4, 0.5) is 0 Å². The van der Waals surface area contributed by atoms with Crippen molar-refractivity contribution < 1.29 is 14.4 Å². The number of benzene rings is 1. The number of hydrogen-bond acceptors (Lipinski definition) is 3. The Hall–Kier alpha value is -0.900. The molecule has 6 heteroatoms. The number of Topliss-reactive ketones (excluding diaryl/α,β-unsaturated/α-hetero) is 1. The van der Waals surface area contributed by atoms with E-state index in [0.717, 1.165) is 6.07 Å². The van der Waals surface area contributed by atoms with Gasteiger partial charge in [-0.25, -0.2) is 0 Å². The Balaban J connectivity index is 3.28. The molecule has 0 radical (unpaired) electrons. The summed E-state index contributed by atoms with van der Waals surface area (Å²) in [6, 6.07) is 3.76.